The number of hydrogen-bond acceptors (Lipinski definition) is 7. The van der Waals surface area contributed by atoms with Crippen molar-refractivity contribution in [1.29, 1.82) is 0 Å². The summed E-state index contributed by atoms with van der Waals surface area (Å²) in [5.74, 6) is 0.166. The largest absolute Gasteiger partial charge is 0.493 e. The van der Waals surface area contributed by atoms with Gasteiger partial charge >= 0.3 is 0 Å². The van der Waals surface area contributed by atoms with Gasteiger partial charge in [0.1, 0.15) is 17.2 Å². The minimum absolute atomic E-state index is 0.0730. The lowest BCUT2D eigenvalue weighted by Gasteiger charge is -2.11. The molecule has 0 fully saturated rings. The summed E-state index contributed by atoms with van der Waals surface area (Å²) in [7, 11) is 3.08. The Bertz CT molecular complexity index is 1210. The van der Waals surface area contributed by atoms with Crippen molar-refractivity contribution >= 4 is 28.5 Å². The fraction of sp³-hybridized carbons (Fsp3) is 0.105. The van der Waals surface area contributed by atoms with Crippen LogP contribution in [-0.2, 0) is 0 Å². The lowest BCUT2D eigenvalue weighted by Crippen LogP contribution is -2.03. The Balaban J connectivity index is 1.66. The molecular formula is C19H16F2N6O2. The number of rotatable bonds is 5. The second-order valence-electron chi connectivity index (χ2n) is 6.07. The SMILES string of the molecule is COc1ccc(-c2cnc(Nc3n[nH]c4c(F)cc(F)cc34)nc2N)cc1OC. The number of anilines is 3. The van der Waals surface area contributed by atoms with Crippen LogP contribution < -0.4 is 20.5 Å². The van der Waals surface area contributed by atoms with E-state index in [4.69, 9.17) is 15.2 Å². The molecule has 4 aromatic rings. The van der Waals surface area contributed by atoms with Gasteiger partial charge in [0.25, 0.3) is 0 Å². The van der Waals surface area contributed by atoms with E-state index in [0.29, 0.717) is 17.1 Å². The molecule has 0 unspecified atom stereocenters. The number of hydrogen-bond donors (Lipinski definition) is 3. The zero-order valence-electron chi connectivity index (χ0n) is 15.5. The maximum absolute atomic E-state index is 13.8. The van der Waals surface area contributed by atoms with Gasteiger partial charge in [-0.05, 0) is 23.8 Å². The molecule has 0 atom stereocenters. The van der Waals surface area contributed by atoms with E-state index in [-0.39, 0.29) is 28.5 Å². The van der Waals surface area contributed by atoms with Crippen LogP contribution in [0.1, 0.15) is 0 Å². The quantitative estimate of drug-likeness (QED) is 0.471. The van der Waals surface area contributed by atoms with Crippen molar-refractivity contribution in [3.8, 4) is 22.6 Å². The topological polar surface area (TPSA) is 111 Å². The number of nitrogens with zero attached hydrogens (tertiary/aromatic N) is 3. The van der Waals surface area contributed by atoms with Gasteiger partial charge in [-0.2, -0.15) is 10.1 Å². The molecule has 0 saturated carbocycles. The number of halogens is 2. The first-order valence-corrected chi connectivity index (χ1v) is 8.45. The van der Waals surface area contributed by atoms with Gasteiger partial charge in [0, 0.05) is 17.8 Å². The predicted octanol–water partition coefficient (Wildman–Crippen LogP) is 3.64. The van der Waals surface area contributed by atoms with Gasteiger partial charge in [-0.15, -0.1) is 0 Å². The molecule has 4 rings (SSSR count). The van der Waals surface area contributed by atoms with Crippen LogP contribution in [0.3, 0.4) is 0 Å². The Morgan fingerprint density at radius 3 is 2.59 bits per heavy atom. The number of nitrogens with one attached hydrogen (secondary N) is 2. The highest BCUT2D eigenvalue weighted by molar-refractivity contribution is 5.91. The van der Waals surface area contributed by atoms with Gasteiger partial charge in [-0.25, -0.2) is 13.8 Å². The zero-order chi connectivity index (χ0) is 20.5. The van der Waals surface area contributed by atoms with Crippen LogP contribution in [-0.4, -0.2) is 34.4 Å². The zero-order valence-corrected chi connectivity index (χ0v) is 15.5. The van der Waals surface area contributed by atoms with Crippen molar-refractivity contribution in [2.45, 2.75) is 0 Å². The molecular weight excluding hydrogens is 382 g/mol. The first-order valence-electron chi connectivity index (χ1n) is 8.45. The second-order valence-corrected chi connectivity index (χ2v) is 6.07. The van der Waals surface area contributed by atoms with Gasteiger partial charge < -0.3 is 20.5 Å². The fourth-order valence-electron chi connectivity index (χ4n) is 2.93. The molecule has 29 heavy (non-hydrogen) atoms. The molecule has 2 heterocycles. The minimum Gasteiger partial charge on any atom is -0.493 e. The molecule has 0 bridgehead atoms. The Morgan fingerprint density at radius 2 is 1.86 bits per heavy atom. The van der Waals surface area contributed by atoms with Gasteiger partial charge in [0.05, 0.1) is 19.6 Å². The van der Waals surface area contributed by atoms with E-state index in [2.05, 4.69) is 25.5 Å². The maximum Gasteiger partial charge on any atom is 0.230 e. The van der Waals surface area contributed by atoms with Crippen LogP contribution in [0.2, 0.25) is 0 Å². The highest BCUT2D eigenvalue weighted by Gasteiger charge is 2.15. The van der Waals surface area contributed by atoms with E-state index < -0.39 is 11.6 Å². The summed E-state index contributed by atoms with van der Waals surface area (Å²) in [6.07, 6.45) is 1.53. The third-order valence-corrected chi connectivity index (χ3v) is 4.33. The number of nitrogens with two attached hydrogens (primary N) is 1. The first-order chi connectivity index (χ1) is 14.0. The van der Waals surface area contributed by atoms with E-state index in [9.17, 15) is 8.78 Å². The number of H-pyrrole nitrogens is 1. The molecule has 4 N–H and O–H groups in total. The standard InChI is InChI=1S/C19H16F2N6O2/c1-28-14-4-3-9(5-15(14)29-2)12-8-23-19(24-17(12)22)25-18-11-6-10(20)7-13(21)16(11)26-27-18/h3-8H,1-2H3,(H4,22,23,24,25,26,27). The average molecular weight is 398 g/mol. The number of benzene rings is 2. The molecule has 0 amide bonds. The van der Waals surface area contributed by atoms with E-state index in [1.54, 1.807) is 25.3 Å². The van der Waals surface area contributed by atoms with Crippen LogP contribution in [0.15, 0.2) is 36.5 Å². The first kappa shape index (κ1) is 18.4. The Morgan fingerprint density at radius 1 is 1.07 bits per heavy atom. The summed E-state index contributed by atoms with van der Waals surface area (Å²) >= 11 is 0. The van der Waals surface area contributed by atoms with E-state index in [1.165, 1.54) is 13.3 Å². The molecule has 0 aliphatic heterocycles. The van der Waals surface area contributed by atoms with Crippen LogP contribution in [0.25, 0.3) is 22.0 Å². The second kappa shape index (κ2) is 7.23. The van der Waals surface area contributed by atoms with Gasteiger partial charge in [0.2, 0.25) is 5.95 Å². The molecule has 0 aliphatic carbocycles. The molecule has 10 heteroatoms. The van der Waals surface area contributed by atoms with Crippen LogP contribution in [0.4, 0.5) is 26.4 Å². The van der Waals surface area contributed by atoms with Crippen molar-refractivity contribution in [3.05, 3.63) is 48.2 Å². The van der Waals surface area contributed by atoms with Crippen molar-refractivity contribution in [1.82, 2.24) is 20.2 Å². The molecule has 0 spiro atoms. The number of aromatic nitrogens is 4. The molecule has 0 saturated heterocycles. The number of methoxy groups -OCH3 is 2. The highest BCUT2D eigenvalue weighted by atomic mass is 19.1. The summed E-state index contributed by atoms with van der Waals surface area (Å²) < 4.78 is 37.9. The van der Waals surface area contributed by atoms with Crippen molar-refractivity contribution < 1.29 is 18.3 Å². The predicted molar refractivity (Wildman–Crippen MR) is 104 cm³/mol. The summed E-state index contributed by atoms with van der Waals surface area (Å²) in [4.78, 5) is 8.44. The van der Waals surface area contributed by atoms with Crippen LogP contribution in [0.5, 0.6) is 11.5 Å². The van der Waals surface area contributed by atoms with E-state index in [0.717, 1.165) is 17.7 Å². The van der Waals surface area contributed by atoms with Crippen LogP contribution in [0, 0.1) is 11.6 Å². The fourth-order valence-corrected chi connectivity index (χ4v) is 2.93. The van der Waals surface area contributed by atoms with E-state index in [1.807, 2.05) is 0 Å². The van der Waals surface area contributed by atoms with Gasteiger partial charge in [-0.3, -0.25) is 5.10 Å². The minimum atomic E-state index is -0.746. The highest BCUT2D eigenvalue weighted by Crippen LogP contribution is 2.34. The monoisotopic (exact) mass is 398 g/mol. The van der Waals surface area contributed by atoms with Gasteiger partial charge in [0.15, 0.2) is 23.1 Å². The smallest absolute Gasteiger partial charge is 0.230 e. The lowest BCUT2D eigenvalue weighted by molar-refractivity contribution is 0.355. The molecule has 0 aliphatic rings. The summed E-state index contributed by atoms with van der Waals surface area (Å²) in [6, 6.07) is 7.24. The summed E-state index contributed by atoms with van der Waals surface area (Å²) in [5.41, 5.74) is 7.49. The molecule has 148 valence electrons. The number of ether oxygens (including phenoxy) is 2. The Labute approximate surface area is 163 Å². The molecule has 8 nitrogen and oxygen atoms in total. The van der Waals surface area contributed by atoms with Crippen molar-refractivity contribution in [2.75, 3.05) is 25.3 Å². The Hall–Kier alpha value is -3.95. The molecule has 2 aromatic heterocycles. The van der Waals surface area contributed by atoms with E-state index >= 15 is 0 Å². The van der Waals surface area contributed by atoms with Crippen molar-refractivity contribution in [2.24, 2.45) is 0 Å². The maximum atomic E-state index is 13.8. The molecule has 0 radical (unpaired) electrons. The lowest BCUT2D eigenvalue weighted by atomic mass is 10.1. The summed E-state index contributed by atoms with van der Waals surface area (Å²) in [6.45, 7) is 0. The normalized spacial score (nSPS) is 10.9. The molecule has 2 aromatic carbocycles. The number of nitrogen functional groups attached to an aromatic ring is 1. The summed E-state index contributed by atoms with van der Waals surface area (Å²) in [5, 5.41) is 9.51. The van der Waals surface area contributed by atoms with Gasteiger partial charge in [-0.1, -0.05) is 6.07 Å². The number of fused-ring (bicyclic) bond motifs is 1. The third-order valence-electron chi connectivity index (χ3n) is 4.33. The van der Waals surface area contributed by atoms with Crippen LogP contribution >= 0.6 is 0 Å². The third kappa shape index (κ3) is 3.35. The van der Waals surface area contributed by atoms with Crippen molar-refractivity contribution in [3.63, 3.8) is 0 Å². The average Bonchev–Trinajstić information content (AvgIpc) is 3.10. The Kier molecular flexibility index (Phi) is 4.59. The number of aromatic amines is 1.